The van der Waals surface area contributed by atoms with E-state index >= 15 is 0 Å². The Labute approximate surface area is 159 Å². The van der Waals surface area contributed by atoms with Crippen LogP contribution >= 0.6 is 0 Å². The van der Waals surface area contributed by atoms with Crippen molar-refractivity contribution in [2.45, 2.75) is 25.8 Å². The molecule has 2 aliphatic heterocycles. The number of nitrogens with one attached hydrogen (secondary N) is 1. The summed E-state index contributed by atoms with van der Waals surface area (Å²) in [6, 6.07) is 9.54. The van der Waals surface area contributed by atoms with Crippen LogP contribution in [0.4, 0.5) is 0 Å². The van der Waals surface area contributed by atoms with Gasteiger partial charge in [-0.25, -0.2) is 0 Å². The average Bonchev–Trinajstić information content (AvgIpc) is 3.38. The van der Waals surface area contributed by atoms with Crippen LogP contribution in [0, 0.1) is 5.92 Å². The standard InChI is InChI=1S/C21H26N2O4/c1-25-17-5-4-16-10-15(14-26-20(16)11-17)12-22-21(24)19-7-6-18(27-19)13-23-8-2-3-9-23/h4-7,11,15H,2-3,8-10,12-14H2,1H3,(H,22,24)/t15-/m0/s1. The van der Waals surface area contributed by atoms with Crippen molar-refractivity contribution in [2.24, 2.45) is 5.92 Å². The van der Waals surface area contributed by atoms with E-state index in [1.165, 1.54) is 12.8 Å². The summed E-state index contributed by atoms with van der Waals surface area (Å²) in [7, 11) is 1.65. The number of benzene rings is 1. The number of ether oxygens (including phenoxy) is 2. The molecule has 27 heavy (non-hydrogen) atoms. The van der Waals surface area contributed by atoms with E-state index in [9.17, 15) is 4.79 Å². The molecule has 0 spiro atoms. The highest BCUT2D eigenvalue weighted by Gasteiger charge is 2.22. The molecular formula is C21H26N2O4. The smallest absolute Gasteiger partial charge is 0.287 e. The third-order valence-electron chi connectivity index (χ3n) is 5.27. The number of furan rings is 1. The second-order valence-electron chi connectivity index (χ2n) is 7.31. The Kier molecular flexibility index (Phi) is 5.34. The van der Waals surface area contributed by atoms with Crippen LogP contribution in [0.3, 0.4) is 0 Å². The minimum absolute atomic E-state index is 0.164. The lowest BCUT2D eigenvalue weighted by atomic mass is 9.96. The van der Waals surface area contributed by atoms with Gasteiger partial charge < -0.3 is 19.2 Å². The predicted molar refractivity (Wildman–Crippen MR) is 101 cm³/mol. The highest BCUT2D eigenvalue weighted by Crippen LogP contribution is 2.30. The number of fused-ring (bicyclic) bond motifs is 1. The lowest BCUT2D eigenvalue weighted by molar-refractivity contribution is 0.0908. The Morgan fingerprint density at radius 1 is 1.26 bits per heavy atom. The number of carbonyl (C=O) groups excluding carboxylic acids is 1. The van der Waals surface area contributed by atoms with Gasteiger partial charge in [0.05, 0.1) is 20.3 Å². The molecule has 1 aromatic heterocycles. The summed E-state index contributed by atoms with van der Waals surface area (Å²) >= 11 is 0. The second kappa shape index (κ2) is 8.05. The van der Waals surface area contributed by atoms with Gasteiger partial charge in [-0.1, -0.05) is 6.07 Å². The summed E-state index contributed by atoms with van der Waals surface area (Å²) in [5, 5.41) is 2.98. The summed E-state index contributed by atoms with van der Waals surface area (Å²) in [5.41, 5.74) is 1.15. The van der Waals surface area contributed by atoms with Gasteiger partial charge in [-0.15, -0.1) is 0 Å². The Bertz CT molecular complexity index is 795. The number of nitrogens with zero attached hydrogens (tertiary/aromatic N) is 1. The zero-order chi connectivity index (χ0) is 18.6. The SMILES string of the molecule is COc1ccc2c(c1)OC[C@H](CNC(=O)c1ccc(CN3CCCC3)o1)C2. The van der Waals surface area contributed by atoms with E-state index in [2.05, 4.69) is 10.2 Å². The van der Waals surface area contributed by atoms with Crippen LogP contribution in [-0.2, 0) is 13.0 Å². The second-order valence-corrected chi connectivity index (χ2v) is 7.31. The number of carbonyl (C=O) groups is 1. The molecule has 144 valence electrons. The van der Waals surface area contributed by atoms with Crippen molar-refractivity contribution in [2.75, 3.05) is 33.4 Å². The van der Waals surface area contributed by atoms with Crippen molar-refractivity contribution in [1.29, 1.82) is 0 Å². The lowest BCUT2D eigenvalue weighted by Gasteiger charge is -2.25. The first-order valence-corrected chi connectivity index (χ1v) is 9.60. The van der Waals surface area contributed by atoms with Crippen molar-refractivity contribution >= 4 is 5.91 Å². The summed E-state index contributed by atoms with van der Waals surface area (Å²) in [5.74, 6) is 2.98. The van der Waals surface area contributed by atoms with Crippen molar-refractivity contribution in [3.63, 3.8) is 0 Å². The van der Waals surface area contributed by atoms with E-state index in [1.54, 1.807) is 13.2 Å². The minimum Gasteiger partial charge on any atom is -0.497 e. The van der Waals surface area contributed by atoms with E-state index in [0.717, 1.165) is 48.9 Å². The van der Waals surface area contributed by atoms with Crippen molar-refractivity contribution in [1.82, 2.24) is 10.2 Å². The van der Waals surface area contributed by atoms with E-state index in [-0.39, 0.29) is 11.8 Å². The molecule has 1 saturated heterocycles. The summed E-state index contributed by atoms with van der Waals surface area (Å²) in [4.78, 5) is 14.7. The van der Waals surface area contributed by atoms with Crippen LogP contribution in [0.1, 0.15) is 34.7 Å². The molecule has 0 aliphatic carbocycles. The van der Waals surface area contributed by atoms with Crippen molar-refractivity contribution in [3.8, 4) is 11.5 Å². The maximum atomic E-state index is 12.4. The number of hydrogen-bond donors (Lipinski definition) is 1. The van der Waals surface area contributed by atoms with Gasteiger partial charge in [-0.2, -0.15) is 0 Å². The highest BCUT2D eigenvalue weighted by molar-refractivity contribution is 5.91. The minimum atomic E-state index is -0.164. The summed E-state index contributed by atoms with van der Waals surface area (Å²) < 4.78 is 16.8. The summed E-state index contributed by atoms with van der Waals surface area (Å²) in [6.07, 6.45) is 3.36. The van der Waals surface area contributed by atoms with E-state index in [1.807, 2.05) is 24.3 Å². The molecule has 6 nitrogen and oxygen atoms in total. The number of rotatable bonds is 6. The molecule has 6 heteroatoms. The van der Waals surface area contributed by atoms with Crippen LogP contribution in [0.5, 0.6) is 11.5 Å². The van der Waals surface area contributed by atoms with Gasteiger partial charge in [0, 0.05) is 18.5 Å². The predicted octanol–water partition coefficient (Wildman–Crippen LogP) is 2.87. The van der Waals surface area contributed by atoms with Gasteiger partial charge in [0.1, 0.15) is 17.3 Å². The molecule has 0 saturated carbocycles. The first kappa shape index (κ1) is 17.9. The third kappa shape index (κ3) is 4.27. The quantitative estimate of drug-likeness (QED) is 0.847. The Morgan fingerprint density at radius 3 is 2.93 bits per heavy atom. The number of methoxy groups -OCH3 is 1. The van der Waals surface area contributed by atoms with Crippen molar-refractivity contribution < 1.29 is 18.7 Å². The molecule has 1 atom stereocenters. The fraction of sp³-hybridized carbons (Fsp3) is 0.476. The topological polar surface area (TPSA) is 63.9 Å². The molecule has 0 bridgehead atoms. The average molecular weight is 370 g/mol. The van der Waals surface area contributed by atoms with E-state index < -0.39 is 0 Å². The normalized spacial score (nSPS) is 19.4. The zero-order valence-corrected chi connectivity index (χ0v) is 15.7. The maximum Gasteiger partial charge on any atom is 0.287 e. The molecule has 2 aliphatic rings. The van der Waals surface area contributed by atoms with Gasteiger partial charge >= 0.3 is 0 Å². The molecule has 0 radical (unpaired) electrons. The number of hydrogen-bond acceptors (Lipinski definition) is 5. The fourth-order valence-electron chi connectivity index (χ4n) is 3.74. The largest absolute Gasteiger partial charge is 0.497 e. The molecule has 0 unspecified atom stereocenters. The van der Waals surface area contributed by atoms with E-state index in [0.29, 0.717) is 18.9 Å². The van der Waals surface area contributed by atoms with Gasteiger partial charge in [0.25, 0.3) is 5.91 Å². The van der Waals surface area contributed by atoms with Crippen LogP contribution in [0.15, 0.2) is 34.7 Å². The fourth-order valence-corrected chi connectivity index (χ4v) is 3.74. The molecule has 1 aromatic carbocycles. The Balaban J connectivity index is 1.28. The van der Waals surface area contributed by atoms with Crippen LogP contribution in [0.25, 0.3) is 0 Å². The lowest BCUT2D eigenvalue weighted by Crippen LogP contribution is -2.34. The van der Waals surface area contributed by atoms with Gasteiger partial charge in [-0.3, -0.25) is 9.69 Å². The first-order chi connectivity index (χ1) is 13.2. The van der Waals surface area contributed by atoms with Gasteiger partial charge in [0.15, 0.2) is 5.76 Å². The molecule has 1 amide bonds. The molecule has 2 aromatic rings. The molecule has 3 heterocycles. The molecule has 1 N–H and O–H groups in total. The first-order valence-electron chi connectivity index (χ1n) is 9.60. The Morgan fingerprint density at radius 2 is 2.11 bits per heavy atom. The molecule has 4 rings (SSSR count). The highest BCUT2D eigenvalue weighted by atomic mass is 16.5. The number of amides is 1. The van der Waals surface area contributed by atoms with Gasteiger partial charge in [0.2, 0.25) is 0 Å². The Hall–Kier alpha value is -2.47. The van der Waals surface area contributed by atoms with Crippen LogP contribution < -0.4 is 14.8 Å². The molecular weight excluding hydrogens is 344 g/mol. The van der Waals surface area contributed by atoms with E-state index in [4.69, 9.17) is 13.9 Å². The van der Waals surface area contributed by atoms with Crippen LogP contribution in [-0.4, -0.2) is 44.2 Å². The monoisotopic (exact) mass is 370 g/mol. The molecule has 1 fully saturated rings. The summed E-state index contributed by atoms with van der Waals surface area (Å²) in [6.45, 7) is 4.14. The third-order valence-corrected chi connectivity index (χ3v) is 5.27. The zero-order valence-electron chi connectivity index (χ0n) is 15.7. The maximum absolute atomic E-state index is 12.4. The van der Waals surface area contributed by atoms with Crippen LogP contribution in [0.2, 0.25) is 0 Å². The van der Waals surface area contributed by atoms with Crippen molar-refractivity contribution in [3.05, 3.63) is 47.4 Å². The van der Waals surface area contributed by atoms with Gasteiger partial charge in [-0.05, 0) is 56.1 Å². The number of likely N-dealkylation sites (tertiary alicyclic amines) is 1.